The normalized spacial score (nSPS) is 15.6. The number of benzene rings is 2. The van der Waals surface area contributed by atoms with Gasteiger partial charge in [-0.05, 0) is 61.8 Å². The molecule has 0 bridgehead atoms. The van der Waals surface area contributed by atoms with Gasteiger partial charge in [-0.25, -0.2) is 19.2 Å². The standard InChI is InChI=1S/C56H78N10O24/c67-43(16-14-41(54(85)86)65-24-20-63(31-48(74)75)22-26-66(42(55(87)88)15-18-47(72)73)27-23-64(21-25-65)32-49(76)77)58-30-44(68)60-40(53(83)84)29-35-9-11-36(12-10-35)90-33-45(69)59-39(28-34-6-2-1-3-7-34)50(78)57-19-5-4-8-37(51(79)80)61-56(89)62-38(52(81)82)13-17-46(70)71/h1-3,6-7,9-12,37-42H,4-5,8,13-33H2,(H,57,78)(H,58,67)(H,59,69)(H,60,68)(H,70,71)(H,72,73)(H,74,75)(H,76,77)(H,79,80)(H,81,82)(H,83,84)(H,85,86)(H,87,88)(H2,61,62,89)/t37-,38-,39-,40-,41?,42?/m0/s1. The molecule has 2 aromatic rings. The number of hydrogen-bond donors (Lipinski definition) is 15. The molecule has 90 heavy (non-hydrogen) atoms. The number of carbonyl (C=O) groups is 14. The Morgan fingerprint density at radius 3 is 1.36 bits per heavy atom. The molecule has 34 heteroatoms. The van der Waals surface area contributed by atoms with Gasteiger partial charge in [0.25, 0.3) is 5.91 Å². The van der Waals surface area contributed by atoms with Crippen molar-refractivity contribution in [3.63, 3.8) is 0 Å². The Morgan fingerprint density at radius 1 is 0.422 bits per heavy atom. The fourth-order valence-corrected chi connectivity index (χ4v) is 9.36. The zero-order valence-corrected chi connectivity index (χ0v) is 49.1. The molecule has 1 saturated heterocycles. The molecule has 1 aliphatic rings. The number of carboxylic acid groups (broad SMARTS) is 9. The largest absolute Gasteiger partial charge is 0.484 e. The number of amides is 6. The van der Waals surface area contributed by atoms with E-state index in [9.17, 15) is 108 Å². The number of carbonyl (C=O) groups excluding carboxylic acids is 5. The average Bonchev–Trinajstić information content (AvgIpc) is 1.72. The van der Waals surface area contributed by atoms with E-state index in [1.807, 2.05) is 5.32 Å². The Balaban J connectivity index is 1.55. The molecule has 2 aromatic carbocycles. The fourth-order valence-electron chi connectivity index (χ4n) is 9.36. The van der Waals surface area contributed by atoms with Crippen molar-refractivity contribution < 1.29 is 118 Å². The molecule has 0 aromatic heterocycles. The lowest BCUT2D eigenvalue weighted by atomic mass is 10.0. The van der Waals surface area contributed by atoms with Crippen LogP contribution in [0.1, 0.15) is 68.9 Å². The first-order chi connectivity index (χ1) is 42.6. The maximum absolute atomic E-state index is 13.4. The molecule has 1 heterocycles. The molecule has 6 atom stereocenters. The summed E-state index contributed by atoms with van der Waals surface area (Å²) in [6.45, 7) is -2.95. The van der Waals surface area contributed by atoms with Crippen LogP contribution in [-0.2, 0) is 75.2 Å². The summed E-state index contributed by atoms with van der Waals surface area (Å²) >= 11 is 0. The molecule has 1 aliphatic heterocycles. The fraction of sp³-hybridized carbons (Fsp3) is 0.536. The van der Waals surface area contributed by atoms with Crippen molar-refractivity contribution in [1.82, 2.24) is 51.5 Å². The van der Waals surface area contributed by atoms with Crippen LogP contribution in [-0.4, -0.2) is 270 Å². The summed E-state index contributed by atoms with van der Waals surface area (Å²) in [5, 5.41) is 101. The van der Waals surface area contributed by atoms with Crippen LogP contribution in [0.3, 0.4) is 0 Å². The lowest BCUT2D eigenvalue weighted by molar-refractivity contribution is -0.146. The number of ether oxygens (including phenoxy) is 1. The average molecular weight is 1280 g/mol. The molecule has 2 unspecified atom stereocenters. The van der Waals surface area contributed by atoms with Crippen molar-refractivity contribution in [3.05, 3.63) is 65.7 Å². The van der Waals surface area contributed by atoms with Gasteiger partial charge in [-0.2, -0.15) is 0 Å². The lowest BCUT2D eigenvalue weighted by Crippen LogP contribution is -2.53. The first-order valence-corrected chi connectivity index (χ1v) is 28.5. The zero-order chi connectivity index (χ0) is 66.9. The molecule has 496 valence electrons. The summed E-state index contributed by atoms with van der Waals surface area (Å²) in [5.41, 5.74) is 1.08. The zero-order valence-electron chi connectivity index (χ0n) is 49.1. The van der Waals surface area contributed by atoms with E-state index < -0.39 is 172 Å². The Bertz CT molecular complexity index is 2760. The van der Waals surface area contributed by atoms with E-state index in [0.29, 0.717) is 11.1 Å². The molecule has 6 amide bonds. The topological polar surface area (TPSA) is 515 Å². The van der Waals surface area contributed by atoms with Gasteiger partial charge in [-0.15, -0.1) is 0 Å². The molecule has 3 rings (SSSR count). The Labute approximate surface area is 514 Å². The van der Waals surface area contributed by atoms with Gasteiger partial charge in [0.2, 0.25) is 17.7 Å². The number of urea groups is 1. The smallest absolute Gasteiger partial charge is 0.326 e. The predicted octanol–water partition coefficient (Wildman–Crippen LogP) is -2.68. The Morgan fingerprint density at radius 2 is 0.878 bits per heavy atom. The van der Waals surface area contributed by atoms with E-state index in [1.54, 1.807) is 30.3 Å². The van der Waals surface area contributed by atoms with Gasteiger partial charge in [-0.3, -0.25) is 67.5 Å². The molecular formula is C56H78N10O24. The summed E-state index contributed by atoms with van der Waals surface area (Å²) < 4.78 is 5.62. The van der Waals surface area contributed by atoms with E-state index >= 15 is 0 Å². The minimum absolute atomic E-state index is 0.0208. The van der Waals surface area contributed by atoms with Gasteiger partial charge in [0.05, 0.1) is 19.6 Å². The first-order valence-electron chi connectivity index (χ1n) is 28.5. The number of nitrogens with one attached hydrogen (secondary N) is 6. The molecule has 15 N–H and O–H groups in total. The van der Waals surface area contributed by atoms with E-state index in [0.717, 1.165) is 0 Å². The summed E-state index contributed by atoms with van der Waals surface area (Å²) in [6.07, 6.45) is -2.54. The van der Waals surface area contributed by atoms with E-state index in [4.69, 9.17) is 9.84 Å². The highest BCUT2D eigenvalue weighted by atomic mass is 16.5. The maximum Gasteiger partial charge on any atom is 0.326 e. The van der Waals surface area contributed by atoms with E-state index in [-0.39, 0.29) is 110 Å². The number of nitrogens with zero attached hydrogens (tertiary/aromatic N) is 4. The van der Waals surface area contributed by atoms with Crippen LogP contribution in [0, 0.1) is 0 Å². The second-order valence-corrected chi connectivity index (χ2v) is 20.9. The molecule has 0 radical (unpaired) electrons. The molecule has 0 aliphatic carbocycles. The van der Waals surface area contributed by atoms with Crippen LogP contribution in [0.4, 0.5) is 4.79 Å². The second kappa shape index (κ2) is 39.4. The third-order valence-electron chi connectivity index (χ3n) is 14.1. The number of unbranched alkanes of at least 4 members (excludes halogenated alkanes) is 1. The van der Waals surface area contributed by atoms with Crippen molar-refractivity contribution in [3.8, 4) is 5.75 Å². The van der Waals surface area contributed by atoms with Gasteiger partial charge in [0.1, 0.15) is 42.0 Å². The van der Waals surface area contributed by atoms with Crippen LogP contribution in [0.2, 0.25) is 0 Å². The molecular weight excluding hydrogens is 1200 g/mol. The summed E-state index contributed by atoms with van der Waals surface area (Å²) in [5.74, 6) is -15.0. The van der Waals surface area contributed by atoms with Gasteiger partial charge in [0, 0.05) is 91.0 Å². The van der Waals surface area contributed by atoms with Crippen LogP contribution in [0.15, 0.2) is 54.6 Å². The summed E-state index contributed by atoms with van der Waals surface area (Å²) in [4.78, 5) is 177. The third-order valence-corrected chi connectivity index (χ3v) is 14.1. The quantitative estimate of drug-likeness (QED) is 0.0303. The number of aliphatic carboxylic acids is 9. The van der Waals surface area contributed by atoms with Crippen LogP contribution < -0.4 is 36.6 Å². The van der Waals surface area contributed by atoms with E-state index in [2.05, 4.69) is 26.6 Å². The third kappa shape index (κ3) is 29.9. The molecule has 0 spiro atoms. The number of rotatable bonds is 39. The highest BCUT2D eigenvalue weighted by molar-refractivity contribution is 5.90. The maximum atomic E-state index is 13.4. The van der Waals surface area contributed by atoms with Crippen LogP contribution in [0.25, 0.3) is 0 Å². The minimum Gasteiger partial charge on any atom is -0.484 e. The SMILES string of the molecule is O=C(O)CCC(C(=O)O)N1CCN(CC(=O)O)CCN(C(CCC(=O)NCC(=O)N[C@@H](Cc2ccc(OCC(=O)N[C@@H](Cc3ccccc3)C(=O)NCCCC[C@H](NC(=O)N[C@@H](CCC(=O)O)C(=O)O)C(=O)O)cc2)C(=O)O)C(=O)O)CCN(CC(=O)O)CC1. The minimum atomic E-state index is -1.59. The second-order valence-electron chi connectivity index (χ2n) is 20.9. The van der Waals surface area contributed by atoms with Gasteiger partial charge in [0.15, 0.2) is 6.61 Å². The lowest BCUT2D eigenvalue weighted by Gasteiger charge is -2.36. The number of carboxylic acids is 9. The van der Waals surface area contributed by atoms with Crippen molar-refractivity contribution in [1.29, 1.82) is 0 Å². The monoisotopic (exact) mass is 1270 g/mol. The van der Waals surface area contributed by atoms with Crippen molar-refractivity contribution in [2.45, 2.75) is 107 Å². The van der Waals surface area contributed by atoms with Gasteiger partial charge >= 0.3 is 59.8 Å². The van der Waals surface area contributed by atoms with E-state index in [1.165, 1.54) is 43.9 Å². The van der Waals surface area contributed by atoms with Gasteiger partial charge in [-0.1, -0.05) is 42.5 Å². The number of hydrogen-bond acceptors (Lipinski definition) is 19. The molecule has 0 saturated carbocycles. The summed E-state index contributed by atoms with van der Waals surface area (Å²) in [7, 11) is 0. The predicted molar refractivity (Wildman–Crippen MR) is 309 cm³/mol. The summed E-state index contributed by atoms with van der Waals surface area (Å²) in [6, 6.07) is 4.96. The van der Waals surface area contributed by atoms with Gasteiger partial charge < -0.3 is 82.6 Å². The highest BCUT2D eigenvalue weighted by Gasteiger charge is 2.32. The van der Waals surface area contributed by atoms with Crippen molar-refractivity contribution in [2.75, 3.05) is 85.1 Å². The first kappa shape index (κ1) is 74.7. The molecule has 1 fully saturated rings. The Hall–Kier alpha value is -9.54. The van der Waals surface area contributed by atoms with Crippen LogP contribution in [0.5, 0.6) is 5.75 Å². The molecule has 34 nitrogen and oxygen atoms in total. The van der Waals surface area contributed by atoms with Crippen molar-refractivity contribution in [2.24, 2.45) is 0 Å². The van der Waals surface area contributed by atoms with Crippen LogP contribution >= 0.6 is 0 Å². The Kier molecular flexibility index (Phi) is 32.7. The highest BCUT2D eigenvalue weighted by Crippen LogP contribution is 2.16. The van der Waals surface area contributed by atoms with Crippen molar-refractivity contribution >= 4 is 83.4 Å².